The van der Waals surface area contributed by atoms with E-state index >= 15 is 0 Å². The van der Waals surface area contributed by atoms with Crippen LogP contribution in [0.4, 0.5) is 5.69 Å². The van der Waals surface area contributed by atoms with Crippen molar-refractivity contribution in [1.29, 1.82) is 0 Å². The van der Waals surface area contributed by atoms with Gasteiger partial charge < -0.3 is 20.1 Å². The lowest BCUT2D eigenvalue weighted by molar-refractivity contribution is -0.130. The third-order valence-corrected chi connectivity index (χ3v) is 7.01. The number of nitrogens with zero attached hydrogens (tertiary/aromatic N) is 2. The van der Waals surface area contributed by atoms with Crippen molar-refractivity contribution < 1.29 is 27.9 Å². The lowest BCUT2D eigenvalue weighted by Gasteiger charge is -2.31. The molecule has 0 saturated carbocycles. The van der Waals surface area contributed by atoms with E-state index in [9.17, 15) is 23.1 Å². The number of phenolic OH excluding ortho intramolecular Hbond substituents is 1. The van der Waals surface area contributed by atoms with Crippen molar-refractivity contribution in [2.45, 2.75) is 17.7 Å². The maximum absolute atomic E-state index is 12.8. The first kappa shape index (κ1) is 21.3. The number of phenols is 1. The largest absolute Gasteiger partial charge is 0.506 e. The number of anilines is 1. The number of benzene rings is 1. The van der Waals surface area contributed by atoms with Crippen molar-refractivity contribution in [3.05, 3.63) is 30.9 Å². The van der Waals surface area contributed by atoms with E-state index < -0.39 is 15.9 Å². The number of nitrogens with one attached hydrogen (secondary N) is 1. The van der Waals surface area contributed by atoms with Crippen LogP contribution in [0.25, 0.3) is 0 Å². The summed E-state index contributed by atoms with van der Waals surface area (Å²) in [4.78, 5) is 26.0. The first-order valence-electron chi connectivity index (χ1n) is 9.46. The third kappa shape index (κ3) is 4.77. The summed E-state index contributed by atoms with van der Waals surface area (Å²) in [7, 11) is -3.76. The van der Waals surface area contributed by atoms with E-state index in [-0.39, 0.29) is 47.8 Å². The molecule has 29 heavy (non-hydrogen) atoms. The molecule has 2 saturated heterocycles. The number of aromatic hydroxyl groups is 1. The number of carbonyl (C=O) groups excluding carboxylic acids is 2. The second-order valence-corrected chi connectivity index (χ2v) is 8.95. The monoisotopic (exact) mass is 423 g/mol. The molecule has 2 fully saturated rings. The van der Waals surface area contributed by atoms with Gasteiger partial charge >= 0.3 is 0 Å². The molecule has 10 heteroatoms. The summed E-state index contributed by atoms with van der Waals surface area (Å²) in [5, 5.41) is 12.7. The number of likely N-dealkylation sites (tertiary alicyclic amines) is 1. The molecule has 2 heterocycles. The summed E-state index contributed by atoms with van der Waals surface area (Å²) < 4.78 is 32.1. The van der Waals surface area contributed by atoms with Crippen LogP contribution in [0.3, 0.4) is 0 Å². The third-order valence-electron chi connectivity index (χ3n) is 5.11. The number of morpholine rings is 1. The second kappa shape index (κ2) is 8.93. The molecule has 3 rings (SSSR count). The highest BCUT2D eigenvalue weighted by Gasteiger charge is 2.30. The fourth-order valence-corrected chi connectivity index (χ4v) is 4.90. The summed E-state index contributed by atoms with van der Waals surface area (Å²) in [6, 6.07) is 3.81. The van der Waals surface area contributed by atoms with E-state index in [0.29, 0.717) is 32.6 Å². The van der Waals surface area contributed by atoms with Crippen molar-refractivity contribution in [2.24, 2.45) is 5.92 Å². The Kier molecular flexibility index (Phi) is 6.56. The molecular formula is C19H25N3O6S. The Balaban J connectivity index is 1.75. The number of hydrogen-bond acceptors (Lipinski definition) is 6. The van der Waals surface area contributed by atoms with Gasteiger partial charge in [0.2, 0.25) is 21.8 Å². The van der Waals surface area contributed by atoms with Crippen LogP contribution in [0, 0.1) is 5.92 Å². The molecule has 1 unspecified atom stereocenters. The molecule has 0 aromatic heterocycles. The highest BCUT2D eigenvalue weighted by molar-refractivity contribution is 7.89. The number of sulfonamides is 1. The van der Waals surface area contributed by atoms with Crippen LogP contribution in [-0.2, 0) is 24.3 Å². The lowest BCUT2D eigenvalue weighted by atomic mass is 9.97. The number of hydrogen-bond donors (Lipinski definition) is 2. The number of amides is 2. The van der Waals surface area contributed by atoms with Crippen LogP contribution >= 0.6 is 0 Å². The van der Waals surface area contributed by atoms with Crippen molar-refractivity contribution in [1.82, 2.24) is 9.21 Å². The molecule has 1 aromatic carbocycles. The van der Waals surface area contributed by atoms with Crippen LogP contribution in [0.1, 0.15) is 12.8 Å². The average molecular weight is 423 g/mol. The quantitative estimate of drug-likeness (QED) is 0.534. The van der Waals surface area contributed by atoms with Gasteiger partial charge in [0.25, 0.3) is 0 Å². The molecule has 0 bridgehead atoms. The number of carbonyl (C=O) groups is 2. The fourth-order valence-electron chi connectivity index (χ4n) is 3.47. The summed E-state index contributed by atoms with van der Waals surface area (Å²) >= 11 is 0. The molecule has 0 radical (unpaired) electrons. The van der Waals surface area contributed by atoms with E-state index in [1.165, 1.54) is 28.6 Å². The van der Waals surface area contributed by atoms with Crippen molar-refractivity contribution in [3.8, 4) is 5.75 Å². The SMILES string of the molecule is C=CC(=O)N1CCCC(C(=O)Nc2cc(S(=O)(=O)N3CCOCC3)ccc2O)C1. The van der Waals surface area contributed by atoms with Gasteiger partial charge in [-0.25, -0.2) is 8.42 Å². The Labute approximate surface area is 170 Å². The number of rotatable bonds is 5. The van der Waals surface area contributed by atoms with Gasteiger partial charge in [0.1, 0.15) is 5.75 Å². The van der Waals surface area contributed by atoms with Crippen LogP contribution in [0.15, 0.2) is 35.7 Å². The predicted octanol–water partition coefficient (Wildman–Crippen LogP) is 0.776. The van der Waals surface area contributed by atoms with Gasteiger partial charge in [-0.1, -0.05) is 6.58 Å². The second-order valence-electron chi connectivity index (χ2n) is 7.01. The lowest BCUT2D eigenvalue weighted by Crippen LogP contribution is -2.43. The van der Waals surface area contributed by atoms with Crippen molar-refractivity contribution >= 4 is 27.5 Å². The average Bonchev–Trinajstić information content (AvgIpc) is 2.75. The van der Waals surface area contributed by atoms with E-state index in [1.54, 1.807) is 4.90 Å². The molecule has 1 aromatic rings. The van der Waals surface area contributed by atoms with Crippen LogP contribution in [0.5, 0.6) is 5.75 Å². The van der Waals surface area contributed by atoms with Gasteiger partial charge in [-0.2, -0.15) is 4.31 Å². The van der Waals surface area contributed by atoms with Gasteiger partial charge in [-0.3, -0.25) is 9.59 Å². The normalized spacial score (nSPS) is 20.8. The molecule has 2 aliphatic rings. The highest BCUT2D eigenvalue weighted by Crippen LogP contribution is 2.29. The van der Waals surface area contributed by atoms with Gasteiger partial charge in [0, 0.05) is 26.2 Å². The van der Waals surface area contributed by atoms with E-state index in [1.807, 2.05) is 0 Å². The van der Waals surface area contributed by atoms with Crippen LogP contribution in [0.2, 0.25) is 0 Å². The minimum Gasteiger partial charge on any atom is -0.506 e. The molecule has 2 N–H and O–H groups in total. The highest BCUT2D eigenvalue weighted by atomic mass is 32.2. The molecule has 158 valence electrons. The smallest absolute Gasteiger partial charge is 0.245 e. The van der Waals surface area contributed by atoms with E-state index in [4.69, 9.17) is 4.74 Å². The summed E-state index contributed by atoms with van der Waals surface area (Å²) in [6.07, 6.45) is 2.49. The zero-order chi connectivity index (χ0) is 21.0. The minimum absolute atomic E-state index is 0.0143. The van der Waals surface area contributed by atoms with Crippen molar-refractivity contribution in [2.75, 3.05) is 44.7 Å². The first-order valence-corrected chi connectivity index (χ1v) is 10.9. The van der Waals surface area contributed by atoms with Crippen LogP contribution < -0.4 is 5.32 Å². The first-order chi connectivity index (χ1) is 13.8. The molecule has 9 nitrogen and oxygen atoms in total. The van der Waals surface area contributed by atoms with Gasteiger partial charge in [-0.05, 0) is 37.1 Å². The fraction of sp³-hybridized carbons (Fsp3) is 0.474. The Morgan fingerprint density at radius 3 is 2.66 bits per heavy atom. The Morgan fingerprint density at radius 1 is 1.24 bits per heavy atom. The zero-order valence-corrected chi connectivity index (χ0v) is 16.9. The number of ether oxygens (including phenoxy) is 1. The van der Waals surface area contributed by atoms with E-state index in [2.05, 4.69) is 11.9 Å². The molecule has 0 aliphatic carbocycles. The minimum atomic E-state index is -3.76. The molecule has 0 spiro atoms. The maximum Gasteiger partial charge on any atom is 0.245 e. The molecule has 1 atom stereocenters. The van der Waals surface area contributed by atoms with E-state index in [0.717, 1.165) is 0 Å². The van der Waals surface area contributed by atoms with Gasteiger partial charge in [0.15, 0.2) is 0 Å². The Hall–Kier alpha value is -2.43. The summed E-state index contributed by atoms with van der Waals surface area (Å²) in [5.41, 5.74) is 0.0245. The molecule has 2 amide bonds. The summed E-state index contributed by atoms with van der Waals surface area (Å²) in [5.74, 6) is -1.28. The predicted molar refractivity (Wildman–Crippen MR) is 106 cm³/mol. The Bertz CT molecular complexity index is 895. The summed E-state index contributed by atoms with van der Waals surface area (Å²) in [6.45, 7) is 5.42. The van der Waals surface area contributed by atoms with Gasteiger partial charge in [0.05, 0.1) is 29.7 Å². The van der Waals surface area contributed by atoms with Crippen LogP contribution in [-0.4, -0.2) is 73.9 Å². The molecule has 2 aliphatic heterocycles. The number of piperidine rings is 1. The van der Waals surface area contributed by atoms with Gasteiger partial charge in [-0.15, -0.1) is 0 Å². The molecular weight excluding hydrogens is 398 g/mol. The zero-order valence-electron chi connectivity index (χ0n) is 16.0. The standard InChI is InChI=1S/C19H25N3O6S/c1-2-18(24)21-7-3-4-14(13-21)19(25)20-16-12-15(5-6-17(16)23)29(26,27)22-8-10-28-11-9-22/h2,5-6,12,14,23H,1,3-4,7-11,13H2,(H,20,25). The Morgan fingerprint density at radius 2 is 1.97 bits per heavy atom. The topological polar surface area (TPSA) is 116 Å². The van der Waals surface area contributed by atoms with Crippen molar-refractivity contribution in [3.63, 3.8) is 0 Å². The maximum atomic E-state index is 12.8.